The number of halogens is 4. The van der Waals surface area contributed by atoms with Crippen molar-refractivity contribution in [2.75, 3.05) is 36.0 Å². The molecule has 4 heterocycles. The van der Waals surface area contributed by atoms with Crippen LogP contribution in [0.4, 0.5) is 24.8 Å². The molecular formula is C17H17ClF3N7. The van der Waals surface area contributed by atoms with Crippen molar-refractivity contribution < 1.29 is 13.2 Å². The van der Waals surface area contributed by atoms with Crippen LogP contribution in [0.3, 0.4) is 0 Å². The van der Waals surface area contributed by atoms with Gasteiger partial charge in [0.1, 0.15) is 5.82 Å². The Balaban J connectivity index is 1.63. The zero-order valence-electron chi connectivity index (χ0n) is 15.2. The van der Waals surface area contributed by atoms with E-state index in [0.29, 0.717) is 42.6 Å². The molecule has 3 aromatic heterocycles. The molecule has 0 spiro atoms. The molecule has 28 heavy (non-hydrogen) atoms. The average molecular weight is 412 g/mol. The number of pyridine rings is 1. The number of piperazine rings is 1. The highest BCUT2D eigenvalue weighted by Crippen LogP contribution is 2.31. The Morgan fingerprint density at radius 2 is 1.64 bits per heavy atom. The number of fused-ring (bicyclic) bond motifs is 1. The van der Waals surface area contributed by atoms with Crippen molar-refractivity contribution in [1.82, 2.24) is 24.8 Å². The molecule has 11 heteroatoms. The quantitative estimate of drug-likeness (QED) is 0.645. The van der Waals surface area contributed by atoms with Gasteiger partial charge in [-0.2, -0.15) is 17.7 Å². The third-order valence-electron chi connectivity index (χ3n) is 4.94. The molecule has 0 unspecified atom stereocenters. The molecule has 1 aliphatic heterocycles. The van der Waals surface area contributed by atoms with Crippen LogP contribution in [-0.2, 0) is 6.18 Å². The summed E-state index contributed by atoms with van der Waals surface area (Å²) in [6, 6.07) is 3.63. The molecule has 0 aromatic carbocycles. The lowest BCUT2D eigenvalue weighted by Gasteiger charge is -2.36. The van der Waals surface area contributed by atoms with Crippen molar-refractivity contribution in [2.24, 2.45) is 0 Å². The smallest absolute Gasteiger partial charge is 0.353 e. The second kappa shape index (κ2) is 6.77. The van der Waals surface area contributed by atoms with Crippen molar-refractivity contribution in [3.05, 3.63) is 40.3 Å². The largest absolute Gasteiger partial charge is 0.453 e. The standard InChI is InChI=1S/C17H17ClF3N7/c1-10-11(2)15(25-28-14(10)23-24-16(28)17(19,20)21)27-7-5-26(6-8-27)13-4-3-12(18)9-22-13/h3-4,9H,5-8H2,1-2H3. The van der Waals surface area contributed by atoms with E-state index in [0.717, 1.165) is 15.9 Å². The van der Waals surface area contributed by atoms with Crippen molar-refractivity contribution >= 4 is 28.9 Å². The fourth-order valence-corrected chi connectivity index (χ4v) is 3.40. The summed E-state index contributed by atoms with van der Waals surface area (Å²) in [5.41, 5.74) is 1.55. The van der Waals surface area contributed by atoms with Gasteiger partial charge in [0.15, 0.2) is 11.5 Å². The van der Waals surface area contributed by atoms with Gasteiger partial charge < -0.3 is 9.80 Å². The minimum absolute atomic E-state index is 0.123. The van der Waals surface area contributed by atoms with Crippen LogP contribution in [0.25, 0.3) is 5.65 Å². The number of aryl methyl sites for hydroxylation is 1. The van der Waals surface area contributed by atoms with Gasteiger partial charge in [-0.25, -0.2) is 4.98 Å². The van der Waals surface area contributed by atoms with Gasteiger partial charge in [0.05, 0.1) is 5.02 Å². The van der Waals surface area contributed by atoms with Gasteiger partial charge in [-0.1, -0.05) is 11.6 Å². The molecule has 1 fully saturated rings. The normalized spacial score (nSPS) is 15.5. The number of hydrogen-bond donors (Lipinski definition) is 0. The van der Waals surface area contributed by atoms with E-state index in [9.17, 15) is 13.2 Å². The van der Waals surface area contributed by atoms with E-state index < -0.39 is 12.0 Å². The molecule has 0 aliphatic carbocycles. The second-order valence-corrected chi connectivity index (χ2v) is 7.08. The first-order chi connectivity index (χ1) is 13.3. The molecule has 0 saturated carbocycles. The fraction of sp³-hybridized carbons (Fsp3) is 0.412. The number of anilines is 2. The first kappa shape index (κ1) is 18.7. The number of alkyl halides is 3. The first-order valence-electron chi connectivity index (χ1n) is 8.67. The molecule has 1 saturated heterocycles. The van der Waals surface area contributed by atoms with E-state index in [4.69, 9.17) is 11.6 Å². The predicted molar refractivity (Wildman–Crippen MR) is 98.9 cm³/mol. The molecular weight excluding hydrogens is 395 g/mol. The molecule has 4 rings (SSSR count). The lowest BCUT2D eigenvalue weighted by molar-refractivity contribution is -0.146. The van der Waals surface area contributed by atoms with E-state index in [2.05, 4.69) is 25.2 Å². The number of nitrogens with zero attached hydrogens (tertiary/aromatic N) is 7. The van der Waals surface area contributed by atoms with Crippen molar-refractivity contribution in [1.29, 1.82) is 0 Å². The third-order valence-corrected chi connectivity index (χ3v) is 5.16. The Morgan fingerprint density at radius 3 is 2.25 bits per heavy atom. The van der Waals surface area contributed by atoms with Crippen LogP contribution in [0.15, 0.2) is 18.3 Å². The predicted octanol–water partition coefficient (Wildman–Crippen LogP) is 3.13. The van der Waals surface area contributed by atoms with E-state index in [1.54, 1.807) is 19.2 Å². The molecule has 7 nitrogen and oxygen atoms in total. The molecule has 1 aliphatic rings. The fourth-order valence-electron chi connectivity index (χ4n) is 3.29. The van der Waals surface area contributed by atoms with Crippen LogP contribution in [-0.4, -0.2) is 51.0 Å². The Labute approximate surface area is 163 Å². The molecule has 148 valence electrons. The highest BCUT2D eigenvalue weighted by Gasteiger charge is 2.38. The van der Waals surface area contributed by atoms with Gasteiger partial charge >= 0.3 is 6.18 Å². The van der Waals surface area contributed by atoms with Gasteiger partial charge in [0.25, 0.3) is 5.82 Å². The third kappa shape index (κ3) is 3.21. The molecule has 0 radical (unpaired) electrons. The van der Waals surface area contributed by atoms with Crippen LogP contribution in [0.1, 0.15) is 17.0 Å². The number of rotatable bonds is 2. The summed E-state index contributed by atoms with van der Waals surface area (Å²) in [5, 5.41) is 11.8. The maximum absolute atomic E-state index is 13.2. The topological polar surface area (TPSA) is 62.5 Å². The zero-order chi connectivity index (χ0) is 20.1. The van der Waals surface area contributed by atoms with E-state index >= 15 is 0 Å². The Kier molecular flexibility index (Phi) is 4.53. The van der Waals surface area contributed by atoms with Crippen LogP contribution in [0, 0.1) is 13.8 Å². The van der Waals surface area contributed by atoms with Gasteiger partial charge in [-0.3, -0.25) is 0 Å². The SMILES string of the molecule is Cc1c(N2CCN(c3ccc(Cl)cn3)CC2)nn2c(C(F)(F)F)nnc2c1C. The maximum Gasteiger partial charge on any atom is 0.453 e. The van der Waals surface area contributed by atoms with Crippen molar-refractivity contribution in [3.63, 3.8) is 0 Å². The Bertz CT molecular complexity index is 1010. The van der Waals surface area contributed by atoms with Gasteiger partial charge in [0, 0.05) is 43.5 Å². The van der Waals surface area contributed by atoms with Crippen LogP contribution in [0.2, 0.25) is 5.02 Å². The van der Waals surface area contributed by atoms with Crippen LogP contribution >= 0.6 is 11.6 Å². The highest BCUT2D eigenvalue weighted by atomic mass is 35.5. The zero-order valence-corrected chi connectivity index (χ0v) is 16.0. The van der Waals surface area contributed by atoms with E-state index in [-0.39, 0.29) is 5.65 Å². The summed E-state index contributed by atoms with van der Waals surface area (Å²) < 4.78 is 40.5. The van der Waals surface area contributed by atoms with Crippen molar-refractivity contribution in [2.45, 2.75) is 20.0 Å². The van der Waals surface area contributed by atoms with Gasteiger partial charge in [-0.15, -0.1) is 15.3 Å². The second-order valence-electron chi connectivity index (χ2n) is 6.64. The lowest BCUT2D eigenvalue weighted by Crippen LogP contribution is -2.47. The van der Waals surface area contributed by atoms with Gasteiger partial charge in [-0.05, 0) is 26.0 Å². The minimum atomic E-state index is -4.62. The monoisotopic (exact) mass is 411 g/mol. The molecule has 0 atom stereocenters. The summed E-state index contributed by atoms with van der Waals surface area (Å²) in [6.07, 6.45) is -3.03. The highest BCUT2D eigenvalue weighted by molar-refractivity contribution is 6.30. The first-order valence-corrected chi connectivity index (χ1v) is 9.05. The summed E-state index contributed by atoms with van der Waals surface area (Å²) in [7, 11) is 0. The van der Waals surface area contributed by atoms with E-state index in [1.165, 1.54) is 0 Å². The Morgan fingerprint density at radius 1 is 0.964 bits per heavy atom. The Hall–Kier alpha value is -2.62. The minimum Gasteiger partial charge on any atom is -0.353 e. The lowest BCUT2D eigenvalue weighted by atomic mass is 10.1. The molecule has 0 bridgehead atoms. The van der Waals surface area contributed by atoms with Crippen molar-refractivity contribution in [3.8, 4) is 0 Å². The summed E-state index contributed by atoms with van der Waals surface area (Å²) in [5.74, 6) is 0.216. The molecule has 0 amide bonds. The number of hydrogen-bond acceptors (Lipinski definition) is 6. The summed E-state index contributed by atoms with van der Waals surface area (Å²) in [6.45, 7) is 6.12. The van der Waals surface area contributed by atoms with E-state index in [1.807, 2.05) is 17.9 Å². The molecule has 3 aromatic rings. The average Bonchev–Trinajstić information content (AvgIpc) is 3.10. The summed E-state index contributed by atoms with van der Waals surface area (Å²) in [4.78, 5) is 8.40. The number of aromatic nitrogens is 5. The molecule has 0 N–H and O–H groups in total. The van der Waals surface area contributed by atoms with Crippen LogP contribution < -0.4 is 9.80 Å². The maximum atomic E-state index is 13.2. The van der Waals surface area contributed by atoms with Gasteiger partial charge in [0.2, 0.25) is 0 Å². The summed E-state index contributed by atoms with van der Waals surface area (Å²) >= 11 is 5.88. The van der Waals surface area contributed by atoms with Crippen LogP contribution in [0.5, 0.6) is 0 Å².